The van der Waals surface area contributed by atoms with Gasteiger partial charge in [0, 0.05) is 0 Å². The van der Waals surface area contributed by atoms with Crippen LogP contribution in [0.15, 0.2) is 54.6 Å². The average Bonchev–Trinajstić information content (AvgIpc) is 2.71. The van der Waals surface area contributed by atoms with Gasteiger partial charge in [0.15, 0.2) is 13.7 Å². The van der Waals surface area contributed by atoms with Crippen molar-refractivity contribution >= 4 is 22.0 Å². The van der Waals surface area contributed by atoms with E-state index in [0.717, 1.165) is 3.57 Å². The van der Waals surface area contributed by atoms with E-state index in [1.54, 1.807) is 0 Å². The van der Waals surface area contributed by atoms with Crippen LogP contribution in [0, 0.1) is 13.1 Å². The number of nitrogens with one attached hydrogen (secondary N) is 1. The van der Waals surface area contributed by atoms with E-state index in [-0.39, 0.29) is 11.8 Å². The van der Waals surface area contributed by atoms with Crippen LogP contribution in [0.25, 0.3) is 0 Å². The molecule has 0 heterocycles. The number of rotatable bonds is 6. The van der Waals surface area contributed by atoms with Gasteiger partial charge >= 0.3 is 32.7 Å². The second-order valence-corrected chi connectivity index (χ2v) is 10.8. The lowest BCUT2D eigenvalue weighted by Gasteiger charge is -2.19. The second-order valence-electron chi connectivity index (χ2n) is 6.49. The number of alkyl halides is 3. The van der Waals surface area contributed by atoms with E-state index in [1.807, 2.05) is 56.3 Å². The van der Waals surface area contributed by atoms with E-state index in [1.165, 1.54) is 10.7 Å². The highest BCUT2D eigenvalue weighted by Crippen LogP contribution is 2.20. The van der Waals surface area contributed by atoms with Crippen LogP contribution in [0.3, 0.4) is 0 Å². The fraction of sp³-hybridized carbons (Fsp3) is 0.300. The first-order valence-corrected chi connectivity index (χ1v) is 12.5. The van der Waals surface area contributed by atoms with E-state index < -0.39 is 48.8 Å². The van der Waals surface area contributed by atoms with Gasteiger partial charge in [-0.3, -0.25) is 4.79 Å². The lowest BCUT2D eigenvalue weighted by atomic mass is 10.0. The minimum atomic E-state index is -6.09. The molecule has 1 atom stereocenters. The van der Waals surface area contributed by atoms with Gasteiger partial charge in [0.2, 0.25) is 3.57 Å². The molecule has 1 N–H and O–H groups in total. The summed E-state index contributed by atoms with van der Waals surface area (Å²) in [5.41, 5.74) is -5.02. The molecule has 0 saturated heterocycles. The summed E-state index contributed by atoms with van der Waals surface area (Å²) in [7, 11) is -4.76. The van der Waals surface area contributed by atoms with Gasteiger partial charge in [-0.05, 0) is 30.2 Å². The number of carbonyl (C=O) groups is 2. The molecular weight excluding hydrogens is 566 g/mol. The SMILES string of the molecule is COC(=O)[C@@H](NC(=O)c1ccccc1[I+]c1ccccc1)C(C)C.O=S(=O)([O-])C(F)(F)F. The van der Waals surface area contributed by atoms with Crippen molar-refractivity contribution < 1.29 is 61.7 Å². The Morgan fingerprint density at radius 2 is 1.53 bits per heavy atom. The van der Waals surface area contributed by atoms with Crippen LogP contribution >= 0.6 is 0 Å². The summed E-state index contributed by atoms with van der Waals surface area (Å²) in [5, 5.41) is 2.81. The predicted molar refractivity (Wildman–Crippen MR) is 104 cm³/mol. The highest BCUT2D eigenvalue weighted by atomic mass is 127. The van der Waals surface area contributed by atoms with E-state index in [4.69, 9.17) is 17.7 Å². The topological polar surface area (TPSA) is 113 Å². The molecular formula is C20H21F3INO6S. The molecule has 7 nitrogen and oxygen atoms in total. The van der Waals surface area contributed by atoms with Crippen LogP contribution in [0.2, 0.25) is 0 Å². The number of hydrogen-bond donors (Lipinski definition) is 1. The Morgan fingerprint density at radius 1 is 1.03 bits per heavy atom. The summed E-state index contributed by atoms with van der Waals surface area (Å²) < 4.78 is 66.0. The molecule has 0 aliphatic carbocycles. The Hall–Kier alpha value is -2.19. The van der Waals surface area contributed by atoms with Crippen LogP contribution in [0.5, 0.6) is 0 Å². The average molecular weight is 587 g/mol. The third-order valence-electron chi connectivity index (χ3n) is 3.75. The number of amides is 1. The quantitative estimate of drug-likeness (QED) is 0.217. The van der Waals surface area contributed by atoms with Gasteiger partial charge in [0.05, 0.1) is 12.7 Å². The van der Waals surface area contributed by atoms with Gasteiger partial charge in [-0.2, -0.15) is 13.2 Å². The summed E-state index contributed by atoms with van der Waals surface area (Å²) >= 11 is -0.465. The molecule has 1 amide bonds. The van der Waals surface area contributed by atoms with E-state index >= 15 is 0 Å². The Balaban J connectivity index is 0.000000547. The molecule has 0 unspecified atom stereocenters. The zero-order valence-electron chi connectivity index (χ0n) is 17.2. The maximum absolute atomic E-state index is 12.7. The summed E-state index contributed by atoms with van der Waals surface area (Å²) in [4.78, 5) is 24.6. The summed E-state index contributed by atoms with van der Waals surface area (Å²) in [6.45, 7) is 3.76. The lowest BCUT2D eigenvalue weighted by molar-refractivity contribution is -0.597. The Labute approximate surface area is 194 Å². The van der Waals surface area contributed by atoms with Crippen molar-refractivity contribution in [2.45, 2.75) is 25.4 Å². The highest BCUT2D eigenvalue weighted by molar-refractivity contribution is 7.86. The highest BCUT2D eigenvalue weighted by Gasteiger charge is 2.37. The smallest absolute Gasteiger partial charge is 0.485 e. The van der Waals surface area contributed by atoms with Gasteiger partial charge in [-0.15, -0.1) is 0 Å². The summed E-state index contributed by atoms with van der Waals surface area (Å²) in [5.74, 6) is -0.698. The van der Waals surface area contributed by atoms with Gasteiger partial charge in [0.25, 0.3) is 5.91 Å². The predicted octanol–water partition coefficient (Wildman–Crippen LogP) is -0.206. The molecule has 176 valence electrons. The van der Waals surface area contributed by atoms with E-state index in [2.05, 4.69) is 17.4 Å². The van der Waals surface area contributed by atoms with Gasteiger partial charge in [-0.1, -0.05) is 44.2 Å². The second kappa shape index (κ2) is 12.2. The van der Waals surface area contributed by atoms with Crippen LogP contribution < -0.4 is 26.5 Å². The maximum Gasteiger partial charge on any atom is 0.485 e. The number of benzene rings is 2. The first-order chi connectivity index (χ1) is 14.8. The molecule has 2 aromatic rings. The minimum Gasteiger partial charge on any atom is -0.741 e. The fourth-order valence-corrected chi connectivity index (χ4v) is 4.72. The molecule has 0 radical (unpaired) electrons. The largest absolute Gasteiger partial charge is 0.741 e. The molecule has 0 saturated carbocycles. The zero-order valence-corrected chi connectivity index (χ0v) is 20.2. The van der Waals surface area contributed by atoms with Gasteiger partial charge < -0.3 is 14.6 Å². The number of methoxy groups -OCH3 is 1. The van der Waals surface area contributed by atoms with Crippen LogP contribution in [-0.2, 0) is 19.6 Å². The normalized spacial score (nSPS) is 12.4. The third-order valence-corrected chi connectivity index (χ3v) is 7.19. The van der Waals surface area contributed by atoms with E-state index in [0.29, 0.717) is 5.56 Å². The van der Waals surface area contributed by atoms with Crippen LogP contribution in [0.4, 0.5) is 13.2 Å². The van der Waals surface area contributed by atoms with Crippen molar-refractivity contribution in [2.75, 3.05) is 7.11 Å². The van der Waals surface area contributed by atoms with Crippen molar-refractivity contribution in [2.24, 2.45) is 5.92 Å². The molecule has 2 rings (SSSR count). The van der Waals surface area contributed by atoms with Crippen molar-refractivity contribution in [3.05, 3.63) is 67.3 Å². The minimum absolute atomic E-state index is 0.0441. The van der Waals surface area contributed by atoms with Crippen molar-refractivity contribution in [1.29, 1.82) is 0 Å². The van der Waals surface area contributed by atoms with E-state index in [9.17, 15) is 22.8 Å². The Kier molecular flexibility index (Phi) is 10.6. The molecule has 0 fully saturated rings. The Morgan fingerprint density at radius 3 is 2.00 bits per heavy atom. The van der Waals surface area contributed by atoms with Crippen molar-refractivity contribution in [1.82, 2.24) is 5.32 Å². The number of carbonyl (C=O) groups excluding carboxylic acids is 2. The monoisotopic (exact) mass is 587 g/mol. The first kappa shape index (κ1) is 27.8. The standard InChI is InChI=1S/C19H20INO3.CHF3O3S/c1-13(2)17(19(23)24-3)21-18(22)15-11-7-8-12-16(15)20-14-9-5-4-6-10-14;2-1(3,4)8(5,6)7/h4-13,17H,1-3H3;(H,5,6,7)/t17-;/m0./s1. The molecule has 0 aromatic heterocycles. The Bertz CT molecular complexity index is 1010. The number of esters is 1. The molecule has 0 aliphatic rings. The van der Waals surface area contributed by atoms with Crippen molar-refractivity contribution in [3.63, 3.8) is 0 Å². The molecule has 0 spiro atoms. The molecule has 0 bridgehead atoms. The maximum atomic E-state index is 12.7. The third kappa shape index (κ3) is 8.74. The summed E-state index contributed by atoms with van der Waals surface area (Å²) in [6, 6.07) is 17.1. The first-order valence-electron chi connectivity index (χ1n) is 8.97. The lowest BCUT2D eigenvalue weighted by Crippen LogP contribution is -3.61. The molecule has 32 heavy (non-hydrogen) atoms. The molecule has 0 aliphatic heterocycles. The molecule has 2 aromatic carbocycles. The summed E-state index contributed by atoms with van der Waals surface area (Å²) in [6.07, 6.45) is 0. The van der Waals surface area contributed by atoms with Gasteiger partial charge in [0.1, 0.15) is 6.04 Å². The zero-order chi connectivity index (χ0) is 24.5. The van der Waals surface area contributed by atoms with Crippen molar-refractivity contribution in [3.8, 4) is 0 Å². The fourth-order valence-electron chi connectivity index (χ4n) is 2.17. The van der Waals surface area contributed by atoms with Crippen LogP contribution in [-0.4, -0.2) is 43.5 Å². The number of hydrogen-bond acceptors (Lipinski definition) is 6. The number of ether oxygens (including phenoxy) is 1. The van der Waals surface area contributed by atoms with Gasteiger partial charge in [-0.25, -0.2) is 13.2 Å². The van der Waals surface area contributed by atoms with Crippen LogP contribution in [0.1, 0.15) is 24.2 Å². The number of halogens is 4. The molecule has 12 heteroatoms.